The van der Waals surface area contributed by atoms with Gasteiger partial charge in [-0.05, 0) is 99.6 Å². The van der Waals surface area contributed by atoms with Crippen molar-refractivity contribution in [3.63, 3.8) is 0 Å². The number of hydrogen-bond donors (Lipinski definition) is 0. The maximum Gasteiger partial charge on any atom is 0.233 e. The molecule has 0 radical (unpaired) electrons. The van der Waals surface area contributed by atoms with Gasteiger partial charge in [0.15, 0.2) is 0 Å². The molecule has 1 unspecified atom stereocenters. The number of amides is 1. The SMILES string of the molecule is Cc1cc([C@H](C)N2CCC3=C(OCC4CC4)C=C(Cn4ccnc4C4CC4)CC3(C)C2=O)ccc1F. The summed E-state index contributed by atoms with van der Waals surface area (Å²) in [5.41, 5.74) is 3.31. The number of hydrogen-bond acceptors (Lipinski definition) is 3. The van der Waals surface area contributed by atoms with Crippen LogP contribution in [0, 0.1) is 24.1 Å². The number of aromatic nitrogens is 2. The molecule has 1 saturated heterocycles. The smallest absolute Gasteiger partial charge is 0.233 e. The minimum absolute atomic E-state index is 0.115. The van der Waals surface area contributed by atoms with E-state index in [4.69, 9.17) is 4.74 Å². The monoisotopic (exact) mass is 489 g/mol. The third-order valence-electron chi connectivity index (χ3n) is 8.58. The lowest BCUT2D eigenvalue weighted by Crippen LogP contribution is -2.51. The predicted molar refractivity (Wildman–Crippen MR) is 137 cm³/mol. The van der Waals surface area contributed by atoms with E-state index in [0.717, 1.165) is 42.3 Å². The van der Waals surface area contributed by atoms with Crippen LogP contribution in [-0.4, -0.2) is 33.5 Å². The van der Waals surface area contributed by atoms with Crippen molar-refractivity contribution in [1.82, 2.24) is 14.5 Å². The van der Waals surface area contributed by atoms with Crippen LogP contribution < -0.4 is 0 Å². The van der Waals surface area contributed by atoms with E-state index in [1.54, 1.807) is 6.92 Å². The van der Waals surface area contributed by atoms with Crippen molar-refractivity contribution >= 4 is 5.91 Å². The Morgan fingerprint density at radius 1 is 1.25 bits per heavy atom. The van der Waals surface area contributed by atoms with Crippen LogP contribution in [0.5, 0.6) is 0 Å². The van der Waals surface area contributed by atoms with Crippen molar-refractivity contribution in [3.8, 4) is 0 Å². The second-order valence-corrected chi connectivity index (χ2v) is 11.5. The zero-order valence-electron chi connectivity index (χ0n) is 21.6. The molecule has 1 aliphatic heterocycles. The Morgan fingerprint density at radius 2 is 2.06 bits per heavy atom. The van der Waals surface area contributed by atoms with E-state index in [1.165, 1.54) is 37.3 Å². The Hall–Kier alpha value is -2.89. The first-order valence-electron chi connectivity index (χ1n) is 13.5. The molecule has 2 heterocycles. The Kier molecular flexibility index (Phi) is 5.81. The Bertz CT molecular complexity index is 1250. The summed E-state index contributed by atoms with van der Waals surface area (Å²) in [6.45, 7) is 8.06. The van der Waals surface area contributed by atoms with E-state index in [2.05, 4.69) is 35.7 Å². The van der Waals surface area contributed by atoms with E-state index in [1.807, 2.05) is 23.2 Å². The van der Waals surface area contributed by atoms with Gasteiger partial charge in [-0.3, -0.25) is 4.79 Å². The molecule has 2 atom stereocenters. The molecule has 0 bridgehead atoms. The van der Waals surface area contributed by atoms with Crippen molar-refractivity contribution in [1.29, 1.82) is 0 Å². The van der Waals surface area contributed by atoms with Crippen LogP contribution in [0.1, 0.15) is 81.3 Å². The number of likely N-dealkylation sites (tertiary alicyclic amines) is 1. The summed E-state index contributed by atoms with van der Waals surface area (Å²) in [5.74, 6) is 3.23. The standard InChI is InChI=1S/C30H36FN3O2/c1-19-14-24(8-9-26(19)31)20(2)34-12-10-25-27(36-18-21-4-5-21)15-22(16-30(25,3)29(34)35)17-33-13-11-32-28(33)23-6-7-23/h8-9,11,13-15,20-21,23H,4-7,10,12,16-18H2,1-3H3/t20-,30?/m0/s1. The van der Waals surface area contributed by atoms with Crippen LogP contribution in [-0.2, 0) is 16.1 Å². The summed E-state index contributed by atoms with van der Waals surface area (Å²) in [6, 6.07) is 5.07. The molecule has 190 valence electrons. The average Bonchev–Trinajstić information content (AvgIpc) is 3.79. The van der Waals surface area contributed by atoms with Gasteiger partial charge in [-0.25, -0.2) is 9.37 Å². The zero-order chi connectivity index (χ0) is 25.0. The highest BCUT2D eigenvalue weighted by atomic mass is 19.1. The minimum atomic E-state index is -0.634. The maximum absolute atomic E-state index is 14.2. The van der Waals surface area contributed by atoms with E-state index in [-0.39, 0.29) is 17.8 Å². The van der Waals surface area contributed by atoms with Gasteiger partial charge < -0.3 is 14.2 Å². The first-order valence-corrected chi connectivity index (χ1v) is 13.5. The summed E-state index contributed by atoms with van der Waals surface area (Å²) in [4.78, 5) is 20.8. The molecule has 1 amide bonds. The van der Waals surface area contributed by atoms with E-state index in [9.17, 15) is 9.18 Å². The second kappa shape index (κ2) is 8.89. The molecule has 6 heteroatoms. The number of carbonyl (C=O) groups is 1. The summed E-state index contributed by atoms with van der Waals surface area (Å²) in [7, 11) is 0. The van der Waals surface area contributed by atoms with Gasteiger partial charge in [0.05, 0.1) is 18.1 Å². The molecule has 36 heavy (non-hydrogen) atoms. The molecule has 3 fully saturated rings. The van der Waals surface area contributed by atoms with E-state index >= 15 is 0 Å². The summed E-state index contributed by atoms with van der Waals surface area (Å²) in [5, 5.41) is 0. The van der Waals surface area contributed by atoms with Crippen molar-refractivity contribution in [2.24, 2.45) is 11.3 Å². The Balaban J connectivity index is 1.30. The summed E-state index contributed by atoms with van der Waals surface area (Å²) >= 11 is 0. The lowest BCUT2D eigenvalue weighted by molar-refractivity contribution is -0.144. The predicted octanol–water partition coefficient (Wildman–Crippen LogP) is 6.22. The van der Waals surface area contributed by atoms with Crippen LogP contribution in [0.25, 0.3) is 0 Å². The minimum Gasteiger partial charge on any atom is -0.493 e. The quantitative estimate of drug-likeness (QED) is 0.442. The average molecular weight is 490 g/mol. The lowest BCUT2D eigenvalue weighted by atomic mass is 9.68. The number of halogens is 1. The molecular weight excluding hydrogens is 453 g/mol. The van der Waals surface area contributed by atoms with Gasteiger partial charge >= 0.3 is 0 Å². The van der Waals surface area contributed by atoms with Gasteiger partial charge in [-0.1, -0.05) is 12.1 Å². The van der Waals surface area contributed by atoms with Gasteiger partial charge in [0, 0.05) is 31.4 Å². The molecule has 6 rings (SSSR count). The van der Waals surface area contributed by atoms with Crippen LogP contribution in [0.3, 0.4) is 0 Å². The molecule has 4 aliphatic rings. The fourth-order valence-electron chi connectivity index (χ4n) is 5.99. The van der Waals surface area contributed by atoms with Crippen molar-refractivity contribution < 1.29 is 13.9 Å². The van der Waals surface area contributed by atoms with Gasteiger partial charge in [0.25, 0.3) is 0 Å². The number of imidazole rings is 1. The number of benzene rings is 1. The molecule has 3 aliphatic carbocycles. The molecule has 0 spiro atoms. The van der Waals surface area contributed by atoms with Crippen LogP contribution in [0.15, 0.2) is 53.6 Å². The lowest BCUT2D eigenvalue weighted by Gasteiger charge is -2.46. The molecule has 2 saturated carbocycles. The molecule has 5 nitrogen and oxygen atoms in total. The van der Waals surface area contributed by atoms with Crippen LogP contribution in [0.2, 0.25) is 0 Å². The van der Waals surface area contributed by atoms with Gasteiger partial charge in [0.1, 0.15) is 17.4 Å². The van der Waals surface area contributed by atoms with Gasteiger partial charge in [-0.2, -0.15) is 0 Å². The molecule has 0 N–H and O–H groups in total. The van der Waals surface area contributed by atoms with Crippen molar-refractivity contribution in [2.45, 2.75) is 77.8 Å². The zero-order valence-corrected chi connectivity index (χ0v) is 21.6. The first-order chi connectivity index (χ1) is 17.3. The van der Waals surface area contributed by atoms with Gasteiger partial charge in [0.2, 0.25) is 5.91 Å². The second-order valence-electron chi connectivity index (χ2n) is 11.5. The fraction of sp³-hybridized carbons (Fsp3) is 0.533. The fourth-order valence-corrected chi connectivity index (χ4v) is 5.99. The Morgan fingerprint density at radius 3 is 2.78 bits per heavy atom. The number of carbonyl (C=O) groups excluding carboxylic acids is 1. The first kappa shape index (κ1) is 23.5. The Labute approximate surface area is 213 Å². The normalized spacial score (nSPS) is 25.1. The van der Waals surface area contributed by atoms with Gasteiger partial charge in [-0.15, -0.1) is 0 Å². The third-order valence-corrected chi connectivity index (χ3v) is 8.58. The number of aryl methyl sites for hydroxylation is 1. The topological polar surface area (TPSA) is 47.4 Å². The third kappa shape index (κ3) is 4.29. The van der Waals surface area contributed by atoms with Crippen molar-refractivity contribution in [2.75, 3.05) is 13.2 Å². The molecule has 2 aromatic rings. The van der Waals surface area contributed by atoms with Crippen LogP contribution >= 0.6 is 0 Å². The maximum atomic E-state index is 14.2. The number of fused-ring (bicyclic) bond motifs is 1. The highest BCUT2D eigenvalue weighted by molar-refractivity contribution is 5.88. The molecule has 1 aromatic heterocycles. The summed E-state index contributed by atoms with van der Waals surface area (Å²) in [6.07, 6.45) is 12.5. The number of nitrogens with zero attached hydrogens (tertiary/aromatic N) is 3. The molecular formula is C30H36FN3O2. The number of allylic oxidation sites excluding steroid dienone is 2. The number of ether oxygens (including phenoxy) is 1. The number of rotatable bonds is 8. The highest BCUT2D eigenvalue weighted by Crippen LogP contribution is 2.49. The molecule has 1 aromatic carbocycles. The van der Waals surface area contributed by atoms with E-state index < -0.39 is 5.41 Å². The van der Waals surface area contributed by atoms with E-state index in [0.29, 0.717) is 30.4 Å². The van der Waals surface area contributed by atoms with Crippen LogP contribution in [0.4, 0.5) is 4.39 Å². The number of piperidine rings is 1. The summed E-state index contributed by atoms with van der Waals surface area (Å²) < 4.78 is 22.6. The largest absolute Gasteiger partial charge is 0.493 e. The van der Waals surface area contributed by atoms with Crippen molar-refractivity contribution in [3.05, 3.63) is 76.3 Å². The highest BCUT2D eigenvalue weighted by Gasteiger charge is 2.48.